The average molecular weight is 451 g/mol. The van der Waals surface area contributed by atoms with Crippen molar-refractivity contribution in [3.8, 4) is 5.75 Å². The first-order valence-electron chi connectivity index (χ1n) is 9.57. The van der Waals surface area contributed by atoms with Crippen molar-refractivity contribution in [3.63, 3.8) is 0 Å². The van der Waals surface area contributed by atoms with Crippen molar-refractivity contribution in [2.75, 3.05) is 6.61 Å². The van der Waals surface area contributed by atoms with Gasteiger partial charge in [0.2, 0.25) is 5.91 Å². The summed E-state index contributed by atoms with van der Waals surface area (Å²) in [4.78, 5) is 39.6. The standard InChI is InChI=1S/C21H26N2O5S2/c1-6-11-28-13-9-7-8-10-14(13)29-12(2)16(24)22-21(5)18(27)23-15(17(25)26)20(3,4)30-19(21)23/h6-10,12,15,19H,1,11H2,2-5H3,(H,22,24)(H,25,26)/t12?,15-,19+,21-/m0/s1. The first-order chi connectivity index (χ1) is 14.0. The van der Waals surface area contributed by atoms with Crippen molar-refractivity contribution in [3.05, 3.63) is 36.9 Å². The van der Waals surface area contributed by atoms with Gasteiger partial charge in [-0.25, -0.2) is 4.79 Å². The third-order valence-electron chi connectivity index (χ3n) is 5.27. The summed E-state index contributed by atoms with van der Waals surface area (Å²) in [5.74, 6) is -1.02. The Morgan fingerprint density at radius 1 is 1.40 bits per heavy atom. The molecule has 7 nitrogen and oxygen atoms in total. The third-order valence-corrected chi connectivity index (χ3v) is 8.18. The Hall–Kier alpha value is -2.13. The van der Waals surface area contributed by atoms with Crippen LogP contribution in [0.15, 0.2) is 41.8 Å². The van der Waals surface area contributed by atoms with E-state index in [0.717, 1.165) is 4.90 Å². The van der Waals surface area contributed by atoms with Crippen molar-refractivity contribution < 1.29 is 24.2 Å². The average Bonchev–Trinajstić information content (AvgIpc) is 2.96. The summed E-state index contributed by atoms with van der Waals surface area (Å²) in [5.41, 5.74) is -1.13. The van der Waals surface area contributed by atoms with Crippen molar-refractivity contribution >= 4 is 41.3 Å². The van der Waals surface area contributed by atoms with E-state index in [1.165, 1.54) is 28.4 Å². The van der Waals surface area contributed by atoms with Gasteiger partial charge in [0.05, 0.1) is 10.1 Å². The van der Waals surface area contributed by atoms with E-state index in [1.807, 2.05) is 38.1 Å². The Morgan fingerprint density at radius 2 is 2.07 bits per heavy atom. The van der Waals surface area contributed by atoms with Gasteiger partial charge in [-0.3, -0.25) is 9.59 Å². The van der Waals surface area contributed by atoms with E-state index >= 15 is 0 Å². The molecule has 1 aromatic carbocycles. The first-order valence-corrected chi connectivity index (χ1v) is 11.3. The normalized spacial score (nSPS) is 27.6. The quantitative estimate of drug-likeness (QED) is 0.357. The SMILES string of the molecule is C=CCOc1ccccc1SC(C)C(=O)N[C@@]1(C)C(=O)N2[C@@H](C(=O)O)C(C)(C)S[C@@H]21. The number of β-lactam (4-membered cyclic amide) rings is 1. The van der Waals surface area contributed by atoms with Crippen LogP contribution >= 0.6 is 23.5 Å². The molecule has 30 heavy (non-hydrogen) atoms. The van der Waals surface area contributed by atoms with Gasteiger partial charge in [0.15, 0.2) is 0 Å². The van der Waals surface area contributed by atoms with E-state index < -0.39 is 32.9 Å². The van der Waals surface area contributed by atoms with E-state index in [0.29, 0.717) is 12.4 Å². The number of fused-ring (bicyclic) bond motifs is 1. The predicted molar refractivity (Wildman–Crippen MR) is 118 cm³/mol. The van der Waals surface area contributed by atoms with Crippen molar-refractivity contribution in [2.45, 2.75) is 59.5 Å². The highest BCUT2D eigenvalue weighted by molar-refractivity contribution is 8.01. The summed E-state index contributed by atoms with van der Waals surface area (Å²) >= 11 is 2.75. The number of nitrogens with zero attached hydrogens (tertiary/aromatic N) is 1. The minimum atomic E-state index is -1.13. The van der Waals surface area contributed by atoms with E-state index in [4.69, 9.17) is 4.74 Å². The molecule has 0 bridgehead atoms. The number of benzene rings is 1. The lowest BCUT2D eigenvalue weighted by Crippen LogP contribution is -2.78. The molecule has 4 atom stereocenters. The molecule has 0 radical (unpaired) electrons. The second-order valence-electron chi connectivity index (χ2n) is 8.02. The topological polar surface area (TPSA) is 95.9 Å². The molecule has 2 aliphatic rings. The Kier molecular flexibility index (Phi) is 6.15. The number of thioether (sulfide) groups is 2. The van der Waals surface area contributed by atoms with Crippen LogP contribution in [-0.4, -0.2) is 61.3 Å². The fourth-order valence-corrected chi connectivity index (χ4v) is 6.35. The summed E-state index contributed by atoms with van der Waals surface area (Å²) in [7, 11) is 0. The monoisotopic (exact) mass is 450 g/mol. The Labute approximate surface area is 184 Å². The maximum absolute atomic E-state index is 12.9. The number of carboxylic acid groups (broad SMARTS) is 1. The minimum Gasteiger partial charge on any atom is -0.488 e. The largest absolute Gasteiger partial charge is 0.488 e. The summed E-state index contributed by atoms with van der Waals surface area (Å²) < 4.78 is 5.00. The number of rotatable bonds is 8. The second kappa shape index (κ2) is 8.19. The van der Waals surface area contributed by atoms with Gasteiger partial charge in [-0.2, -0.15) is 0 Å². The van der Waals surface area contributed by atoms with Crippen LogP contribution in [0.1, 0.15) is 27.7 Å². The van der Waals surface area contributed by atoms with Gasteiger partial charge in [-0.1, -0.05) is 24.8 Å². The molecular weight excluding hydrogens is 424 g/mol. The van der Waals surface area contributed by atoms with E-state index in [9.17, 15) is 19.5 Å². The maximum Gasteiger partial charge on any atom is 0.327 e. The van der Waals surface area contributed by atoms with Crippen molar-refractivity contribution in [1.82, 2.24) is 10.2 Å². The highest BCUT2D eigenvalue weighted by Gasteiger charge is 2.70. The lowest BCUT2D eigenvalue weighted by molar-refractivity contribution is -0.167. The van der Waals surface area contributed by atoms with Gasteiger partial charge in [0, 0.05) is 4.75 Å². The number of hydrogen-bond donors (Lipinski definition) is 2. The summed E-state index contributed by atoms with van der Waals surface area (Å²) in [6.07, 6.45) is 1.65. The number of amides is 2. The number of para-hydroxylation sites is 1. The Balaban J connectivity index is 1.70. The molecular formula is C21H26N2O5S2. The third kappa shape index (κ3) is 3.80. The van der Waals surface area contributed by atoms with E-state index in [-0.39, 0.29) is 11.8 Å². The Morgan fingerprint density at radius 3 is 2.70 bits per heavy atom. The van der Waals surface area contributed by atoms with Gasteiger partial charge >= 0.3 is 5.97 Å². The molecule has 0 saturated carbocycles. The molecule has 2 aliphatic heterocycles. The van der Waals surface area contributed by atoms with E-state index in [1.54, 1.807) is 19.9 Å². The molecule has 2 fully saturated rings. The molecule has 2 heterocycles. The summed E-state index contributed by atoms with van der Waals surface area (Å²) in [5, 5.41) is 11.5. The van der Waals surface area contributed by atoms with Gasteiger partial charge in [-0.15, -0.1) is 23.5 Å². The predicted octanol–water partition coefficient (Wildman–Crippen LogP) is 2.75. The van der Waals surface area contributed by atoms with Gasteiger partial charge in [-0.05, 0) is 39.8 Å². The Bertz CT molecular complexity index is 890. The number of hydrogen-bond acceptors (Lipinski definition) is 6. The van der Waals surface area contributed by atoms with Crippen LogP contribution < -0.4 is 10.1 Å². The number of carbonyl (C=O) groups is 3. The minimum absolute atomic E-state index is 0.286. The lowest BCUT2D eigenvalue weighted by Gasteiger charge is -2.51. The molecule has 2 amide bonds. The zero-order valence-electron chi connectivity index (χ0n) is 17.4. The van der Waals surface area contributed by atoms with Crippen LogP contribution in [0.4, 0.5) is 0 Å². The summed E-state index contributed by atoms with van der Waals surface area (Å²) in [6, 6.07) is 6.51. The first kappa shape index (κ1) is 22.6. The molecule has 0 aliphatic carbocycles. The van der Waals surface area contributed by atoms with Crippen LogP contribution in [0.5, 0.6) is 5.75 Å². The van der Waals surface area contributed by atoms with Crippen LogP contribution in [0.2, 0.25) is 0 Å². The van der Waals surface area contributed by atoms with Crippen LogP contribution in [0.25, 0.3) is 0 Å². The molecule has 162 valence electrons. The number of carbonyl (C=O) groups excluding carboxylic acids is 2. The number of nitrogens with one attached hydrogen (secondary N) is 1. The zero-order chi connectivity index (χ0) is 22.3. The number of aliphatic carboxylic acids is 1. The maximum atomic E-state index is 12.9. The lowest BCUT2D eigenvalue weighted by atomic mass is 9.86. The molecule has 0 aromatic heterocycles. The highest BCUT2D eigenvalue weighted by atomic mass is 32.2. The van der Waals surface area contributed by atoms with Gasteiger partial charge in [0.25, 0.3) is 5.91 Å². The van der Waals surface area contributed by atoms with Crippen LogP contribution in [0.3, 0.4) is 0 Å². The fraction of sp³-hybridized carbons (Fsp3) is 0.476. The smallest absolute Gasteiger partial charge is 0.327 e. The molecule has 1 aromatic rings. The van der Waals surface area contributed by atoms with Crippen molar-refractivity contribution in [1.29, 1.82) is 0 Å². The molecule has 1 unspecified atom stereocenters. The van der Waals surface area contributed by atoms with Gasteiger partial charge in [0.1, 0.15) is 29.3 Å². The molecule has 2 N–H and O–H groups in total. The molecule has 3 rings (SSSR count). The summed E-state index contributed by atoms with van der Waals surface area (Å²) in [6.45, 7) is 11.0. The van der Waals surface area contributed by atoms with Crippen molar-refractivity contribution in [2.24, 2.45) is 0 Å². The molecule has 2 saturated heterocycles. The number of carboxylic acids is 1. The number of ether oxygens (including phenoxy) is 1. The fourth-order valence-electron chi connectivity index (χ4n) is 3.76. The van der Waals surface area contributed by atoms with E-state index in [2.05, 4.69) is 11.9 Å². The van der Waals surface area contributed by atoms with Crippen LogP contribution in [-0.2, 0) is 14.4 Å². The second-order valence-corrected chi connectivity index (χ2v) is 11.1. The highest BCUT2D eigenvalue weighted by Crippen LogP contribution is 2.54. The molecule has 9 heteroatoms. The zero-order valence-corrected chi connectivity index (χ0v) is 19.0. The van der Waals surface area contributed by atoms with Gasteiger partial charge < -0.3 is 20.1 Å². The van der Waals surface area contributed by atoms with Crippen LogP contribution in [0, 0.1) is 0 Å². The molecule has 0 spiro atoms.